The largest absolute Gasteiger partial charge is 0.467 e. The first-order valence-electron chi connectivity index (χ1n) is 8.32. The molecule has 1 amide bonds. The van der Waals surface area contributed by atoms with Crippen LogP contribution in [-0.4, -0.2) is 48.5 Å². The third kappa shape index (κ3) is 5.16. The van der Waals surface area contributed by atoms with Crippen LogP contribution >= 0.6 is 11.8 Å². The average molecular weight is 351 g/mol. The molecule has 2 rings (SSSR count). The Balaban J connectivity index is 1.93. The van der Waals surface area contributed by atoms with Crippen molar-refractivity contribution in [3.63, 3.8) is 0 Å². The first-order valence-corrected chi connectivity index (χ1v) is 9.37. The number of hydrogen-bond acceptors (Lipinski definition) is 5. The second kappa shape index (κ2) is 9.57. The smallest absolute Gasteiger partial charge is 0.410 e. The number of methoxy groups -OCH3 is 1. The monoisotopic (exact) mass is 351 g/mol. The Hall–Kier alpha value is -1.69. The Bertz CT molecular complexity index is 537. The Morgan fingerprint density at radius 1 is 1.29 bits per heavy atom. The summed E-state index contributed by atoms with van der Waals surface area (Å²) in [5.41, 5.74) is 1.24. The number of esters is 1. The SMILES string of the molecule is CCCCOC(=O)N1CC(SCc2ccccc2)CC1C(=O)OC. The minimum atomic E-state index is -0.544. The molecule has 24 heavy (non-hydrogen) atoms. The molecule has 0 aromatic heterocycles. The fraction of sp³-hybridized carbons (Fsp3) is 0.556. The molecule has 0 radical (unpaired) electrons. The van der Waals surface area contributed by atoms with Crippen LogP contribution in [0.4, 0.5) is 4.79 Å². The maximum Gasteiger partial charge on any atom is 0.410 e. The number of rotatable bonds is 7. The van der Waals surface area contributed by atoms with Gasteiger partial charge in [0.1, 0.15) is 6.04 Å². The van der Waals surface area contributed by atoms with Crippen molar-refractivity contribution in [1.82, 2.24) is 4.90 Å². The van der Waals surface area contributed by atoms with E-state index >= 15 is 0 Å². The number of benzene rings is 1. The van der Waals surface area contributed by atoms with Crippen LogP contribution in [0.25, 0.3) is 0 Å². The Labute approximate surface area is 147 Å². The summed E-state index contributed by atoms with van der Waals surface area (Å²) in [7, 11) is 1.35. The van der Waals surface area contributed by atoms with Crippen LogP contribution in [0.15, 0.2) is 30.3 Å². The zero-order valence-corrected chi connectivity index (χ0v) is 15.1. The van der Waals surface area contributed by atoms with Gasteiger partial charge in [0, 0.05) is 17.5 Å². The summed E-state index contributed by atoms with van der Waals surface area (Å²) >= 11 is 1.76. The molecular formula is C18H25NO4S. The van der Waals surface area contributed by atoms with E-state index in [-0.39, 0.29) is 11.2 Å². The van der Waals surface area contributed by atoms with Crippen molar-refractivity contribution in [2.75, 3.05) is 20.3 Å². The molecule has 1 saturated heterocycles. The standard InChI is InChI=1S/C18H25NO4S/c1-3-4-10-23-18(21)19-12-15(11-16(19)17(20)22-2)24-13-14-8-6-5-7-9-14/h5-9,15-16H,3-4,10-13H2,1-2H3. The van der Waals surface area contributed by atoms with Gasteiger partial charge in [0.2, 0.25) is 0 Å². The molecule has 0 N–H and O–H groups in total. The maximum absolute atomic E-state index is 12.3. The summed E-state index contributed by atoms with van der Waals surface area (Å²) in [6, 6.07) is 9.63. The topological polar surface area (TPSA) is 55.8 Å². The molecule has 0 aliphatic carbocycles. The van der Waals surface area contributed by atoms with E-state index < -0.39 is 12.1 Å². The van der Waals surface area contributed by atoms with Crippen LogP contribution in [0, 0.1) is 0 Å². The highest BCUT2D eigenvalue weighted by Crippen LogP contribution is 2.31. The highest BCUT2D eigenvalue weighted by atomic mass is 32.2. The van der Waals surface area contributed by atoms with E-state index in [1.807, 2.05) is 25.1 Å². The molecule has 1 aliphatic rings. The normalized spacial score (nSPS) is 20.0. The van der Waals surface area contributed by atoms with E-state index in [2.05, 4.69) is 12.1 Å². The Morgan fingerprint density at radius 2 is 2.04 bits per heavy atom. The average Bonchev–Trinajstić information content (AvgIpc) is 3.05. The van der Waals surface area contributed by atoms with Crippen LogP contribution in [0.5, 0.6) is 0 Å². The fourth-order valence-corrected chi connectivity index (χ4v) is 3.86. The van der Waals surface area contributed by atoms with Gasteiger partial charge in [-0.1, -0.05) is 43.7 Å². The van der Waals surface area contributed by atoms with Gasteiger partial charge in [-0.2, -0.15) is 11.8 Å². The highest BCUT2D eigenvalue weighted by Gasteiger charge is 2.41. The number of thioether (sulfide) groups is 1. The first kappa shape index (κ1) is 18.6. The molecule has 132 valence electrons. The zero-order valence-electron chi connectivity index (χ0n) is 14.3. The lowest BCUT2D eigenvalue weighted by Crippen LogP contribution is -2.41. The van der Waals surface area contributed by atoms with Gasteiger partial charge in [-0.05, 0) is 18.4 Å². The molecule has 1 fully saturated rings. The zero-order chi connectivity index (χ0) is 17.4. The van der Waals surface area contributed by atoms with E-state index in [1.165, 1.54) is 17.6 Å². The van der Waals surface area contributed by atoms with Gasteiger partial charge in [-0.15, -0.1) is 0 Å². The van der Waals surface area contributed by atoms with Crippen molar-refractivity contribution in [1.29, 1.82) is 0 Å². The predicted octanol–water partition coefficient (Wildman–Crippen LogP) is 3.47. The molecule has 6 heteroatoms. The van der Waals surface area contributed by atoms with Crippen LogP contribution in [0.2, 0.25) is 0 Å². The van der Waals surface area contributed by atoms with Gasteiger partial charge in [0.25, 0.3) is 0 Å². The molecule has 0 bridgehead atoms. The second-order valence-electron chi connectivity index (χ2n) is 5.81. The van der Waals surface area contributed by atoms with Gasteiger partial charge >= 0.3 is 12.1 Å². The van der Waals surface area contributed by atoms with Crippen molar-refractivity contribution in [3.05, 3.63) is 35.9 Å². The summed E-state index contributed by atoms with van der Waals surface area (Å²) in [6.45, 7) is 2.95. The summed E-state index contributed by atoms with van der Waals surface area (Å²) < 4.78 is 10.1. The van der Waals surface area contributed by atoms with Crippen LogP contribution in [0.3, 0.4) is 0 Å². The molecule has 1 heterocycles. The lowest BCUT2D eigenvalue weighted by Gasteiger charge is -2.21. The molecule has 1 aromatic carbocycles. The highest BCUT2D eigenvalue weighted by molar-refractivity contribution is 7.99. The lowest BCUT2D eigenvalue weighted by molar-refractivity contribution is -0.145. The van der Waals surface area contributed by atoms with Gasteiger partial charge in [-0.25, -0.2) is 9.59 Å². The van der Waals surface area contributed by atoms with Gasteiger partial charge < -0.3 is 9.47 Å². The van der Waals surface area contributed by atoms with Crippen molar-refractivity contribution in [3.8, 4) is 0 Å². The van der Waals surface area contributed by atoms with Crippen molar-refractivity contribution >= 4 is 23.8 Å². The van der Waals surface area contributed by atoms with E-state index in [0.717, 1.165) is 18.6 Å². The lowest BCUT2D eigenvalue weighted by atomic mass is 10.2. The molecule has 0 saturated carbocycles. The number of nitrogens with zero attached hydrogens (tertiary/aromatic N) is 1. The van der Waals surface area contributed by atoms with Gasteiger partial charge in [0.15, 0.2) is 0 Å². The predicted molar refractivity (Wildman–Crippen MR) is 94.9 cm³/mol. The van der Waals surface area contributed by atoms with Crippen LogP contribution < -0.4 is 0 Å². The summed E-state index contributed by atoms with van der Waals surface area (Å²) in [5.74, 6) is 0.489. The summed E-state index contributed by atoms with van der Waals surface area (Å²) in [5, 5.41) is 0.202. The first-order chi connectivity index (χ1) is 11.7. The van der Waals surface area contributed by atoms with E-state index in [4.69, 9.17) is 9.47 Å². The quantitative estimate of drug-likeness (QED) is 0.556. The minimum Gasteiger partial charge on any atom is -0.467 e. The Kier molecular flexibility index (Phi) is 7.43. The second-order valence-corrected chi connectivity index (χ2v) is 7.10. The number of carbonyl (C=O) groups excluding carboxylic acids is 2. The molecule has 2 unspecified atom stereocenters. The Morgan fingerprint density at radius 3 is 2.71 bits per heavy atom. The summed E-state index contributed by atoms with van der Waals surface area (Å²) in [4.78, 5) is 25.8. The number of hydrogen-bond donors (Lipinski definition) is 0. The van der Waals surface area contributed by atoms with Crippen molar-refractivity contribution < 1.29 is 19.1 Å². The van der Waals surface area contributed by atoms with E-state index in [1.54, 1.807) is 11.8 Å². The molecular weight excluding hydrogens is 326 g/mol. The van der Waals surface area contributed by atoms with Crippen molar-refractivity contribution in [2.24, 2.45) is 0 Å². The molecule has 2 atom stereocenters. The number of amides is 1. The van der Waals surface area contributed by atoms with Crippen LogP contribution in [-0.2, 0) is 20.0 Å². The van der Waals surface area contributed by atoms with E-state index in [9.17, 15) is 9.59 Å². The number of carbonyl (C=O) groups is 2. The maximum atomic E-state index is 12.3. The van der Waals surface area contributed by atoms with Crippen LogP contribution in [0.1, 0.15) is 31.7 Å². The van der Waals surface area contributed by atoms with Gasteiger partial charge in [0.05, 0.1) is 13.7 Å². The third-order valence-electron chi connectivity index (χ3n) is 4.02. The number of ether oxygens (including phenoxy) is 2. The third-order valence-corrected chi connectivity index (χ3v) is 5.34. The van der Waals surface area contributed by atoms with Crippen molar-refractivity contribution in [2.45, 2.75) is 43.2 Å². The summed E-state index contributed by atoms with van der Waals surface area (Å²) in [6.07, 6.45) is 1.98. The van der Waals surface area contributed by atoms with E-state index in [0.29, 0.717) is 19.6 Å². The molecule has 0 spiro atoms. The molecule has 1 aromatic rings. The number of likely N-dealkylation sites (tertiary alicyclic amines) is 1. The molecule has 5 nitrogen and oxygen atoms in total. The van der Waals surface area contributed by atoms with Gasteiger partial charge in [-0.3, -0.25) is 4.90 Å². The minimum absolute atomic E-state index is 0.202. The number of unbranched alkanes of at least 4 members (excludes halogenated alkanes) is 1. The fourth-order valence-electron chi connectivity index (χ4n) is 2.65. The molecule has 1 aliphatic heterocycles.